The summed E-state index contributed by atoms with van der Waals surface area (Å²) in [4.78, 5) is 22.2. The Morgan fingerprint density at radius 2 is 2.12 bits per heavy atom. The number of benzene rings is 1. The van der Waals surface area contributed by atoms with Crippen LogP contribution in [0.4, 0.5) is 15.3 Å². The third-order valence-electron chi connectivity index (χ3n) is 1.85. The zero-order valence-corrected chi connectivity index (χ0v) is 9.74. The first-order valence-electron chi connectivity index (χ1n) is 5.20. The van der Waals surface area contributed by atoms with Crippen molar-refractivity contribution in [2.24, 2.45) is 0 Å². The second-order valence-electron chi connectivity index (χ2n) is 3.15. The predicted molar refractivity (Wildman–Crippen MR) is 64.2 cm³/mol. The monoisotopic (exact) mass is 237 g/mol. The Morgan fingerprint density at radius 3 is 2.76 bits per heavy atom. The number of ether oxygens (including phenoxy) is 1. The molecule has 0 atom stereocenters. The molecular weight excluding hydrogens is 222 g/mol. The van der Waals surface area contributed by atoms with Crippen molar-refractivity contribution in [3.63, 3.8) is 0 Å². The Bertz CT molecular complexity index is 407. The molecule has 1 rings (SSSR count). The van der Waals surface area contributed by atoms with Gasteiger partial charge in [-0.25, -0.2) is 9.59 Å². The summed E-state index contributed by atoms with van der Waals surface area (Å²) in [5.74, 6) is 0.366. The van der Waals surface area contributed by atoms with E-state index in [0.29, 0.717) is 18.0 Å². The van der Waals surface area contributed by atoms with Crippen LogP contribution in [-0.2, 0) is 0 Å². The fraction of sp³-hybridized carbons (Fsp3) is 0.273. The SMILES string of the molecule is CCNC(=O)Oc1cccc(NC(=O)NC)c1. The van der Waals surface area contributed by atoms with Gasteiger partial charge < -0.3 is 20.7 Å². The van der Waals surface area contributed by atoms with Crippen LogP contribution in [0.1, 0.15) is 6.92 Å². The van der Waals surface area contributed by atoms with E-state index in [0.717, 1.165) is 0 Å². The minimum Gasteiger partial charge on any atom is -0.410 e. The molecule has 6 nitrogen and oxygen atoms in total. The molecule has 0 aliphatic rings. The summed E-state index contributed by atoms with van der Waals surface area (Å²) >= 11 is 0. The Morgan fingerprint density at radius 1 is 1.35 bits per heavy atom. The van der Waals surface area contributed by atoms with Gasteiger partial charge in [-0.2, -0.15) is 0 Å². The Labute approximate surface area is 99.3 Å². The molecule has 0 heterocycles. The minimum atomic E-state index is -0.524. The minimum absolute atomic E-state index is 0.333. The van der Waals surface area contributed by atoms with E-state index in [1.807, 2.05) is 0 Å². The number of carbonyl (C=O) groups excluding carboxylic acids is 2. The van der Waals surface area contributed by atoms with Crippen LogP contribution in [-0.4, -0.2) is 25.7 Å². The Hall–Kier alpha value is -2.24. The van der Waals surface area contributed by atoms with Gasteiger partial charge in [0.05, 0.1) is 0 Å². The summed E-state index contributed by atoms with van der Waals surface area (Å²) in [5, 5.41) is 7.50. The van der Waals surface area contributed by atoms with Gasteiger partial charge in [0.25, 0.3) is 0 Å². The summed E-state index contributed by atoms with van der Waals surface area (Å²) in [6.07, 6.45) is -0.524. The van der Waals surface area contributed by atoms with Crippen LogP contribution >= 0.6 is 0 Å². The summed E-state index contributed by atoms with van der Waals surface area (Å²) in [7, 11) is 1.52. The molecule has 0 spiro atoms. The number of carbonyl (C=O) groups is 2. The molecule has 0 aromatic heterocycles. The summed E-state index contributed by atoms with van der Waals surface area (Å²) < 4.78 is 4.99. The smallest absolute Gasteiger partial charge is 0.410 e. The number of urea groups is 1. The molecule has 0 saturated heterocycles. The zero-order valence-electron chi connectivity index (χ0n) is 9.74. The van der Waals surface area contributed by atoms with Crippen molar-refractivity contribution >= 4 is 17.8 Å². The molecule has 0 radical (unpaired) electrons. The van der Waals surface area contributed by atoms with E-state index in [2.05, 4.69) is 16.0 Å². The third kappa shape index (κ3) is 4.42. The van der Waals surface area contributed by atoms with Crippen LogP contribution in [0.15, 0.2) is 24.3 Å². The van der Waals surface area contributed by atoms with Gasteiger partial charge in [0.15, 0.2) is 0 Å². The van der Waals surface area contributed by atoms with Crippen molar-refractivity contribution in [1.29, 1.82) is 0 Å². The maximum Gasteiger partial charge on any atom is 0.412 e. The molecule has 1 aromatic carbocycles. The fourth-order valence-electron chi connectivity index (χ4n) is 1.12. The summed E-state index contributed by atoms with van der Waals surface area (Å²) in [6, 6.07) is 6.23. The van der Waals surface area contributed by atoms with Crippen LogP contribution in [0.2, 0.25) is 0 Å². The number of nitrogens with one attached hydrogen (secondary N) is 3. The molecule has 0 unspecified atom stereocenters. The first-order chi connectivity index (χ1) is 8.15. The van der Waals surface area contributed by atoms with E-state index in [9.17, 15) is 9.59 Å². The standard InChI is InChI=1S/C11H15N3O3/c1-3-13-11(16)17-9-6-4-5-8(7-9)14-10(15)12-2/h4-7H,3H2,1-2H3,(H,13,16)(H2,12,14,15). The number of hydrogen-bond donors (Lipinski definition) is 3. The van der Waals surface area contributed by atoms with Gasteiger partial charge in [0.1, 0.15) is 5.75 Å². The molecule has 0 aliphatic heterocycles. The predicted octanol–water partition coefficient (Wildman–Crippen LogP) is 1.55. The Kier molecular flexibility index (Phi) is 4.80. The van der Waals surface area contributed by atoms with Gasteiger partial charge in [0, 0.05) is 25.3 Å². The first kappa shape index (κ1) is 12.8. The highest BCUT2D eigenvalue weighted by Gasteiger charge is 2.04. The van der Waals surface area contributed by atoms with Crippen LogP contribution in [0.25, 0.3) is 0 Å². The van der Waals surface area contributed by atoms with Gasteiger partial charge in [-0.3, -0.25) is 0 Å². The van der Waals surface area contributed by atoms with E-state index in [4.69, 9.17) is 4.74 Å². The average Bonchev–Trinajstić information content (AvgIpc) is 2.29. The average molecular weight is 237 g/mol. The maximum absolute atomic E-state index is 11.2. The number of anilines is 1. The number of rotatable bonds is 3. The largest absolute Gasteiger partial charge is 0.412 e. The lowest BCUT2D eigenvalue weighted by atomic mass is 10.3. The van der Waals surface area contributed by atoms with Crippen molar-refractivity contribution in [3.05, 3.63) is 24.3 Å². The lowest BCUT2D eigenvalue weighted by molar-refractivity contribution is 0.201. The topological polar surface area (TPSA) is 79.5 Å². The van der Waals surface area contributed by atoms with Gasteiger partial charge in [-0.1, -0.05) is 6.07 Å². The summed E-state index contributed by atoms with van der Waals surface area (Å²) in [6.45, 7) is 2.29. The molecule has 0 aliphatic carbocycles. The first-order valence-corrected chi connectivity index (χ1v) is 5.20. The molecule has 17 heavy (non-hydrogen) atoms. The van der Waals surface area contributed by atoms with Gasteiger partial charge in [0.2, 0.25) is 0 Å². The highest BCUT2D eigenvalue weighted by molar-refractivity contribution is 5.89. The molecule has 92 valence electrons. The zero-order chi connectivity index (χ0) is 12.7. The molecule has 0 saturated carbocycles. The number of hydrogen-bond acceptors (Lipinski definition) is 3. The van der Waals surface area contributed by atoms with E-state index >= 15 is 0 Å². The second kappa shape index (κ2) is 6.37. The van der Waals surface area contributed by atoms with Crippen LogP contribution in [0.3, 0.4) is 0 Å². The van der Waals surface area contributed by atoms with Gasteiger partial charge >= 0.3 is 12.1 Å². The van der Waals surface area contributed by atoms with Gasteiger partial charge in [-0.05, 0) is 19.1 Å². The van der Waals surface area contributed by atoms with Crippen molar-refractivity contribution in [2.75, 3.05) is 18.9 Å². The highest BCUT2D eigenvalue weighted by atomic mass is 16.6. The van der Waals surface area contributed by atoms with Crippen molar-refractivity contribution in [3.8, 4) is 5.75 Å². The van der Waals surface area contributed by atoms with Crippen molar-refractivity contribution in [1.82, 2.24) is 10.6 Å². The van der Waals surface area contributed by atoms with Crippen LogP contribution in [0.5, 0.6) is 5.75 Å². The second-order valence-corrected chi connectivity index (χ2v) is 3.15. The van der Waals surface area contributed by atoms with E-state index in [1.165, 1.54) is 7.05 Å². The van der Waals surface area contributed by atoms with E-state index in [1.54, 1.807) is 31.2 Å². The quantitative estimate of drug-likeness (QED) is 0.746. The molecule has 3 N–H and O–H groups in total. The lowest BCUT2D eigenvalue weighted by Gasteiger charge is -2.07. The highest BCUT2D eigenvalue weighted by Crippen LogP contribution is 2.17. The molecule has 1 aromatic rings. The van der Waals surface area contributed by atoms with Crippen molar-refractivity contribution < 1.29 is 14.3 Å². The molecular formula is C11H15N3O3. The lowest BCUT2D eigenvalue weighted by Crippen LogP contribution is -2.26. The molecule has 6 heteroatoms. The fourth-order valence-corrected chi connectivity index (χ4v) is 1.12. The van der Waals surface area contributed by atoms with E-state index in [-0.39, 0.29) is 6.03 Å². The van der Waals surface area contributed by atoms with Crippen molar-refractivity contribution in [2.45, 2.75) is 6.92 Å². The van der Waals surface area contributed by atoms with Crippen LogP contribution in [0, 0.1) is 0 Å². The van der Waals surface area contributed by atoms with Gasteiger partial charge in [-0.15, -0.1) is 0 Å². The van der Waals surface area contributed by atoms with E-state index < -0.39 is 6.09 Å². The number of amides is 3. The normalized spacial score (nSPS) is 9.29. The molecule has 0 fully saturated rings. The Balaban J connectivity index is 2.65. The summed E-state index contributed by atoms with van der Waals surface area (Å²) in [5.41, 5.74) is 0.547. The maximum atomic E-state index is 11.2. The molecule has 0 bridgehead atoms. The molecule has 3 amide bonds. The van der Waals surface area contributed by atoms with Crippen LogP contribution < -0.4 is 20.7 Å². The third-order valence-corrected chi connectivity index (χ3v) is 1.85.